The van der Waals surface area contributed by atoms with Gasteiger partial charge in [-0.15, -0.1) is 0 Å². The molecule has 0 aromatic heterocycles. The summed E-state index contributed by atoms with van der Waals surface area (Å²) in [6.07, 6.45) is 12.0. The van der Waals surface area contributed by atoms with Crippen molar-refractivity contribution >= 4 is 10.8 Å². The highest BCUT2D eigenvalue weighted by Crippen LogP contribution is 2.35. The van der Waals surface area contributed by atoms with E-state index >= 15 is 0 Å². The van der Waals surface area contributed by atoms with Crippen LogP contribution in [0.15, 0.2) is 24.3 Å². The summed E-state index contributed by atoms with van der Waals surface area (Å²) >= 11 is 0. The quantitative estimate of drug-likeness (QED) is 0.398. The number of ether oxygens (including phenoxy) is 1. The van der Waals surface area contributed by atoms with E-state index in [0.717, 1.165) is 17.7 Å². The van der Waals surface area contributed by atoms with Gasteiger partial charge in [-0.05, 0) is 60.7 Å². The Bertz CT molecular complexity index is 763. The van der Waals surface area contributed by atoms with Gasteiger partial charge in [0, 0.05) is 5.39 Å². The van der Waals surface area contributed by atoms with Gasteiger partial charge in [-0.2, -0.15) is 0 Å². The molecule has 2 aromatic rings. The highest BCUT2D eigenvalue weighted by Gasteiger charge is 2.22. The van der Waals surface area contributed by atoms with Crippen LogP contribution in [0.25, 0.3) is 10.8 Å². The van der Waals surface area contributed by atoms with Crippen LogP contribution in [-0.4, -0.2) is 6.61 Å². The molecule has 28 heavy (non-hydrogen) atoms. The molecule has 0 spiro atoms. The number of benzene rings is 2. The molecule has 0 aliphatic heterocycles. The van der Waals surface area contributed by atoms with E-state index in [1.807, 2.05) is 25.1 Å². The number of fused-ring (bicyclic) bond motifs is 1. The van der Waals surface area contributed by atoms with Gasteiger partial charge in [0.2, 0.25) is 0 Å². The van der Waals surface area contributed by atoms with E-state index in [1.165, 1.54) is 51.4 Å². The molecule has 1 saturated carbocycles. The number of unbranched alkanes of at least 4 members (excludes halogenated alkanes) is 2. The third-order valence-electron chi connectivity index (χ3n) is 6.38. The molecule has 1 nitrogen and oxygen atoms in total. The highest BCUT2D eigenvalue weighted by molar-refractivity contribution is 5.85. The first-order valence-electron chi connectivity index (χ1n) is 11.2. The average molecular weight is 389 g/mol. The smallest absolute Gasteiger partial charge is 0.167 e. The SMILES string of the molecule is CCCCCC1CCC(CCc2cc3ccc(OCC)cc3c(F)c2F)CC1. The minimum Gasteiger partial charge on any atom is -0.494 e. The summed E-state index contributed by atoms with van der Waals surface area (Å²) in [5, 5.41) is 1.05. The second-order valence-electron chi connectivity index (χ2n) is 8.40. The minimum absolute atomic E-state index is 0.305. The Hall–Kier alpha value is -1.64. The molecule has 0 saturated heterocycles. The van der Waals surface area contributed by atoms with E-state index in [9.17, 15) is 8.78 Å². The van der Waals surface area contributed by atoms with Gasteiger partial charge in [0.05, 0.1) is 6.61 Å². The minimum atomic E-state index is -0.742. The molecule has 0 amide bonds. The molecule has 1 aliphatic carbocycles. The van der Waals surface area contributed by atoms with Crippen LogP contribution in [0, 0.1) is 23.5 Å². The van der Waals surface area contributed by atoms with Crippen LogP contribution in [-0.2, 0) is 6.42 Å². The fraction of sp³-hybridized carbons (Fsp3) is 0.600. The van der Waals surface area contributed by atoms with Gasteiger partial charge < -0.3 is 4.74 Å². The Kier molecular flexibility index (Phi) is 7.70. The summed E-state index contributed by atoms with van der Waals surface area (Å²) in [5.41, 5.74) is 0.513. The van der Waals surface area contributed by atoms with Crippen LogP contribution in [0.3, 0.4) is 0 Å². The summed E-state index contributed by atoms with van der Waals surface area (Å²) in [7, 11) is 0. The van der Waals surface area contributed by atoms with Crippen molar-refractivity contribution < 1.29 is 13.5 Å². The average Bonchev–Trinajstić information content (AvgIpc) is 2.71. The first-order valence-corrected chi connectivity index (χ1v) is 11.2. The van der Waals surface area contributed by atoms with Gasteiger partial charge in [-0.3, -0.25) is 0 Å². The second-order valence-corrected chi connectivity index (χ2v) is 8.40. The third-order valence-corrected chi connectivity index (χ3v) is 6.38. The molecule has 2 aromatic carbocycles. The van der Waals surface area contributed by atoms with Crippen molar-refractivity contribution in [1.29, 1.82) is 0 Å². The molecule has 0 atom stereocenters. The second kappa shape index (κ2) is 10.2. The normalized spacial score (nSPS) is 19.9. The van der Waals surface area contributed by atoms with Crippen molar-refractivity contribution in [3.63, 3.8) is 0 Å². The summed E-state index contributed by atoms with van der Waals surface area (Å²) in [5.74, 6) is 0.693. The standard InChI is InChI=1S/C25H34F2O/c1-3-5-6-7-18-8-10-19(11-9-18)12-13-21-16-20-14-15-22(28-4-2)17-23(20)25(27)24(21)26/h14-19H,3-13H2,1-2H3. The lowest BCUT2D eigenvalue weighted by molar-refractivity contribution is 0.248. The maximum atomic E-state index is 14.6. The third kappa shape index (κ3) is 5.24. The Balaban J connectivity index is 1.59. The zero-order valence-electron chi connectivity index (χ0n) is 17.4. The highest BCUT2D eigenvalue weighted by atomic mass is 19.2. The molecular formula is C25H34F2O. The van der Waals surface area contributed by atoms with E-state index < -0.39 is 11.6 Å². The number of hydrogen-bond acceptors (Lipinski definition) is 1. The fourth-order valence-corrected chi connectivity index (χ4v) is 4.65. The van der Waals surface area contributed by atoms with Gasteiger partial charge in [-0.1, -0.05) is 64.4 Å². The van der Waals surface area contributed by atoms with Gasteiger partial charge in [0.25, 0.3) is 0 Å². The molecule has 0 N–H and O–H groups in total. The lowest BCUT2D eigenvalue weighted by Crippen LogP contribution is -2.15. The molecule has 1 fully saturated rings. The van der Waals surface area contributed by atoms with Gasteiger partial charge in [0.15, 0.2) is 11.6 Å². The van der Waals surface area contributed by atoms with Crippen LogP contribution in [0.1, 0.15) is 77.2 Å². The maximum absolute atomic E-state index is 14.6. The van der Waals surface area contributed by atoms with Crippen molar-refractivity contribution in [3.05, 3.63) is 41.5 Å². The molecule has 0 radical (unpaired) electrons. The van der Waals surface area contributed by atoms with Crippen LogP contribution in [0.4, 0.5) is 8.78 Å². The van der Waals surface area contributed by atoms with Crippen LogP contribution < -0.4 is 4.74 Å². The van der Waals surface area contributed by atoms with Crippen molar-refractivity contribution in [2.75, 3.05) is 6.61 Å². The Morgan fingerprint density at radius 2 is 1.61 bits per heavy atom. The lowest BCUT2D eigenvalue weighted by atomic mass is 9.77. The number of aryl methyl sites for hydroxylation is 1. The molecule has 1 aliphatic rings. The van der Waals surface area contributed by atoms with Crippen LogP contribution in [0.5, 0.6) is 5.75 Å². The van der Waals surface area contributed by atoms with Crippen LogP contribution in [0.2, 0.25) is 0 Å². The predicted molar refractivity (Wildman–Crippen MR) is 113 cm³/mol. The predicted octanol–water partition coefficient (Wildman–Crippen LogP) is 7.84. The van der Waals surface area contributed by atoms with E-state index in [4.69, 9.17) is 4.74 Å². The summed E-state index contributed by atoms with van der Waals surface area (Å²) in [4.78, 5) is 0. The van der Waals surface area contributed by atoms with E-state index in [1.54, 1.807) is 6.07 Å². The summed E-state index contributed by atoms with van der Waals surface area (Å²) < 4.78 is 34.7. The summed E-state index contributed by atoms with van der Waals surface area (Å²) in [6.45, 7) is 4.64. The molecular weight excluding hydrogens is 354 g/mol. The molecule has 0 unspecified atom stereocenters. The zero-order valence-corrected chi connectivity index (χ0v) is 17.4. The first-order chi connectivity index (χ1) is 13.6. The summed E-state index contributed by atoms with van der Waals surface area (Å²) in [6, 6.07) is 7.07. The zero-order chi connectivity index (χ0) is 19.9. The first kappa shape index (κ1) is 21.1. The van der Waals surface area contributed by atoms with Crippen molar-refractivity contribution in [1.82, 2.24) is 0 Å². The Morgan fingerprint density at radius 3 is 2.29 bits per heavy atom. The Morgan fingerprint density at radius 1 is 0.893 bits per heavy atom. The molecule has 3 heteroatoms. The van der Waals surface area contributed by atoms with Gasteiger partial charge in [-0.25, -0.2) is 8.78 Å². The monoisotopic (exact) mass is 388 g/mol. The number of rotatable bonds is 9. The van der Waals surface area contributed by atoms with Crippen molar-refractivity contribution in [3.8, 4) is 5.75 Å². The van der Waals surface area contributed by atoms with Gasteiger partial charge in [0.1, 0.15) is 5.75 Å². The topological polar surface area (TPSA) is 9.23 Å². The lowest BCUT2D eigenvalue weighted by Gasteiger charge is -2.28. The Labute approximate surface area is 168 Å². The molecule has 0 bridgehead atoms. The van der Waals surface area contributed by atoms with Crippen molar-refractivity contribution in [2.45, 2.75) is 78.1 Å². The van der Waals surface area contributed by atoms with E-state index in [0.29, 0.717) is 35.6 Å². The van der Waals surface area contributed by atoms with E-state index in [-0.39, 0.29) is 0 Å². The number of halogens is 2. The van der Waals surface area contributed by atoms with Crippen molar-refractivity contribution in [2.24, 2.45) is 11.8 Å². The van der Waals surface area contributed by atoms with E-state index in [2.05, 4.69) is 6.92 Å². The largest absolute Gasteiger partial charge is 0.494 e. The maximum Gasteiger partial charge on any atom is 0.167 e. The fourth-order valence-electron chi connectivity index (χ4n) is 4.65. The molecule has 3 rings (SSSR count). The number of hydrogen-bond donors (Lipinski definition) is 0. The van der Waals surface area contributed by atoms with Crippen LogP contribution >= 0.6 is 0 Å². The molecule has 154 valence electrons. The molecule has 0 heterocycles. The van der Waals surface area contributed by atoms with Gasteiger partial charge >= 0.3 is 0 Å².